The molecule has 1 N–H and O–H groups in total. The van der Waals surface area contributed by atoms with Crippen molar-refractivity contribution in [3.8, 4) is 0 Å². The summed E-state index contributed by atoms with van der Waals surface area (Å²) in [7, 11) is 1.59. The molecule has 21 heavy (non-hydrogen) atoms. The fourth-order valence-electron chi connectivity index (χ4n) is 2.52. The standard InChI is InChI=1S/C16H21NO4/c1-11(12-7-8-12)17(9-10-21-2)15(18)13-5-3-4-6-14(13)16(19)20/h3-6,11-12H,7-10H2,1-2H3,(H,19,20). The molecule has 0 aliphatic heterocycles. The van der Waals surface area contributed by atoms with Crippen molar-refractivity contribution in [3.05, 3.63) is 35.4 Å². The molecule has 5 heteroatoms. The minimum atomic E-state index is -1.08. The van der Waals surface area contributed by atoms with Crippen LogP contribution in [0.5, 0.6) is 0 Å². The lowest BCUT2D eigenvalue weighted by Gasteiger charge is -2.29. The van der Waals surface area contributed by atoms with E-state index in [1.165, 1.54) is 6.07 Å². The zero-order chi connectivity index (χ0) is 15.4. The molecule has 1 aliphatic carbocycles. The van der Waals surface area contributed by atoms with E-state index < -0.39 is 5.97 Å². The summed E-state index contributed by atoms with van der Waals surface area (Å²) in [5.41, 5.74) is 0.293. The molecule has 1 atom stereocenters. The van der Waals surface area contributed by atoms with Gasteiger partial charge in [-0.3, -0.25) is 4.79 Å². The summed E-state index contributed by atoms with van der Waals surface area (Å²) < 4.78 is 5.08. The molecule has 1 amide bonds. The van der Waals surface area contributed by atoms with Crippen LogP contribution >= 0.6 is 0 Å². The fraction of sp³-hybridized carbons (Fsp3) is 0.500. The highest BCUT2D eigenvalue weighted by Gasteiger charge is 2.35. The monoisotopic (exact) mass is 291 g/mol. The van der Waals surface area contributed by atoms with Gasteiger partial charge in [-0.25, -0.2) is 4.79 Å². The third-order valence-corrected chi connectivity index (χ3v) is 3.98. The second-order valence-electron chi connectivity index (χ2n) is 5.42. The van der Waals surface area contributed by atoms with Gasteiger partial charge in [0.1, 0.15) is 0 Å². The number of rotatable bonds is 7. The smallest absolute Gasteiger partial charge is 0.336 e. The molecule has 1 saturated carbocycles. The van der Waals surface area contributed by atoms with Gasteiger partial charge in [-0.1, -0.05) is 12.1 Å². The molecule has 0 saturated heterocycles. The third-order valence-electron chi connectivity index (χ3n) is 3.98. The van der Waals surface area contributed by atoms with Gasteiger partial charge in [-0.2, -0.15) is 0 Å². The number of benzene rings is 1. The molecule has 0 heterocycles. The maximum absolute atomic E-state index is 12.8. The number of methoxy groups -OCH3 is 1. The number of ether oxygens (including phenoxy) is 1. The highest BCUT2D eigenvalue weighted by Crippen LogP contribution is 2.35. The lowest BCUT2D eigenvalue weighted by atomic mass is 10.0. The van der Waals surface area contributed by atoms with Crippen LogP contribution in [0.25, 0.3) is 0 Å². The summed E-state index contributed by atoms with van der Waals surface area (Å²) in [5, 5.41) is 9.24. The van der Waals surface area contributed by atoms with E-state index in [1.807, 2.05) is 6.92 Å². The number of carboxylic acid groups (broad SMARTS) is 1. The molecule has 1 aliphatic rings. The molecular weight excluding hydrogens is 270 g/mol. The number of hydrogen-bond acceptors (Lipinski definition) is 3. The molecular formula is C16H21NO4. The van der Waals surface area contributed by atoms with E-state index >= 15 is 0 Å². The van der Waals surface area contributed by atoms with Crippen molar-refractivity contribution < 1.29 is 19.4 Å². The Hall–Kier alpha value is -1.88. The Kier molecular flexibility index (Phi) is 4.96. The van der Waals surface area contributed by atoms with Crippen LogP contribution in [0.4, 0.5) is 0 Å². The van der Waals surface area contributed by atoms with Crippen LogP contribution < -0.4 is 0 Å². The lowest BCUT2D eigenvalue weighted by molar-refractivity contribution is 0.0580. The molecule has 0 spiro atoms. The summed E-state index contributed by atoms with van der Waals surface area (Å²) in [6.07, 6.45) is 2.25. The van der Waals surface area contributed by atoms with Gasteiger partial charge in [0.2, 0.25) is 0 Å². The van der Waals surface area contributed by atoms with Gasteiger partial charge in [-0.05, 0) is 37.8 Å². The third kappa shape index (κ3) is 3.61. The predicted octanol–water partition coefficient (Wildman–Crippen LogP) is 2.27. The van der Waals surface area contributed by atoms with E-state index in [4.69, 9.17) is 4.74 Å². The zero-order valence-corrected chi connectivity index (χ0v) is 12.4. The van der Waals surface area contributed by atoms with Crippen LogP contribution in [-0.4, -0.2) is 48.2 Å². The topological polar surface area (TPSA) is 66.8 Å². The maximum Gasteiger partial charge on any atom is 0.336 e. The molecule has 0 aromatic heterocycles. The van der Waals surface area contributed by atoms with Crippen LogP contribution in [0.3, 0.4) is 0 Å². The Morgan fingerprint density at radius 1 is 1.33 bits per heavy atom. The van der Waals surface area contributed by atoms with E-state index in [2.05, 4.69) is 0 Å². The second kappa shape index (κ2) is 6.72. The van der Waals surface area contributed by atoms with Gasteiger partial charge in [-0.15, -0.1) is 0 Å². The van der Waals surface area contributed by atoms with Gasteiger partial charge < -0.3 is 14.7 Å². The molecule has 2 rings (SSSR count). The van der Waals surface area contributed by atoms with E-state index in [0.29, 0.717) is 19.1 Å². The number of carboxylic acids is 1. The van der Waals surface area contributed by atoms with Gasteiger partial charge in [0.15, 0.2) is 0 Å². The summed E-state index contributed by atoms with van der Waals surface area (Å²) >= 11 is 0. The van der Waals surface area contributed by atoms with Crippen LogP contribution in [0.2, 0.25) is 0 Å². The van der Waals surface area contributed by atoms with Gasteiger partial charge in [0.05, 0.1) is 17.7 Å². The number of hydrogen-bond donors (Lipinski definition) is 1. The first-order chi connectivity index (χ1) is 10.1. The largest absolute Gasteiger partial charge is 0.478 e. The highest BCUT2D eigenvalue weighted by atomic mass is 16.5. The van der Waals surface area contributed by atoms with Crippen LogP contribution in [0, 0.1) is 5.92 Å². The van der Waals surface area contributed by atoms with Crippen LogP contribution in [0.15, 0.2) is 24.3 Å². The number of carbonyl (C=O) groups is 2. The average Bonchev–Trinajstić information content (AvgIpc) is 3.31. The quantitative estimate of drug-likeness (QED) is 0.837. The van der Waals surface area contributed by atoms with Crippen molar-refractivity contribution in [1.29, 1.82) is 0 Å². The maximum atomic E-state index is 12.8. The summed E-state index contributed by atoms with van der Waals surface area (Å²) in [6, 6.07) is 6.46. The van der Waals surface area contributed by atoms with E-state index in [1.54, 1.807) is 30.2 Å². The summed E-state index contributed by atoms with van der Waals surface area (Å²) in [4.78, 5) is 25.8. The number of nitrogens with zero attached hydrogens (tertiary/aromatic N) is 1. The highest BCUT2D eigenvalue weighted by molar-refractivity contribution is 6.04. The number of carbonyl (C=O) groups excluding carboxylic acids is 1. The van der Waals surface area contributed by atoms with E-state index in [0.717, 1.165) is 12.8 Å². The fourth-order valence-corrected chi connectivity index (χ4v) is 2.52. The SMILES string of the molecule is COCCN(C(=O)c1ccccc1C(=O)O)C(C)C1CC1. The first kappa shape index (κ1) is 15.5. The average molecular weight is 291 g/mol. The first-order valence-corrected chi connectivity index (χ1v) is 7.18. The van der Waals surface area contributed by atoms with E-state index in [9.17, 15) is 14.7 Å². The molecule has 0 radical (unpaired) electrons. The van der Waals surface area contributed by atoms with Crippen molar-refractivity contribution in [2.75, 3.05) is 20.3 Å². The van der Waals surface area contributed by atoms with E-state index in [-0.39, 0.29) is 23.1 Å². The van der Waals surface area contributed by atoms with Gasteiger partial charge in [0.25, 0.3) is 5.91 Å². The van der Waals surface area contributed by atoms with Crippen molar-refractivity contribution in [2.24, 2.45) is 5.92 Å². The molecule has 1 fully saturated rings. The Bertz CT molecular complexity index is 525. The molecule has 1 unspecified atom stereocenters. The number of amides is 1. The van der Waals surface area contributed by atoms with Gasteiger partial charge in [0, 0.05) is 19.7 Å². The molecule has 1 aromatic rings. The first-order valence-electron chi connectivity index (χ1n) is 7.18. The normalized spacial score (nSPS) is 15.5. The van der Waals surface area contributed by atoms with Crippen LogP contribution in [-0.2, 0) is 4.74 Å². The molecule has 5 nitrogen and oxygen atoms in total. The molecule has 1 aromatic carbocycles. The van der Waals surface area contributed by atoms with Crippen LogP contribution in [0.1, 0.15) is 40.5 Å². The molecule has 114 valence electrons. The lowest BCUT2D eigenvalue weighted by Crippen LogP contribution is -2.42. The van der Waals surface area contributed by atoms with Crippen molar-refractivity contribution >= 4 is 11.9 Å². The van der Waals surface area contributed by atoms with Crippen molar-refractivity contribution in [3.63, 3.8) is 0 Å². The minimum Gasteiger partial charge on any atom is -0.478 e. The summed E-state index contributed by atoms with van der Waals surface area (Å²) in [6.45, 7) is 2.94. The Morgan fingerprint density at radius 2 is 1.95 bits per heavy atom. The Labute approximate surface area is 124 Å². The summed E-state index contributed by atoms with van der Waals surface area (Å²) in [5.74, 6) is -0.794. The molecule has 0 bridgehead atoms. The Balaban J connectivity index is 2.26. The zero-order valence-electron chi connectivity index (χ0n) is 12.4. The Morgan fingerprint density at radius 3 is 2.48 bits per heavy atom. The van der Waals surface area contributed by atoms with Gasteiger partial charge >= 0.3 is 5.97 Å². The number of aromatic carboxylic acids is 1. The van der Waals surface area contributed by atoms with Crippen molar-refractivity contribution in [1.82, 2.24) is 4.90 Å². The second-order valence-corrected chi connectivity index (χ2v) is 5.42. The minimum absolute atomic E-state index is 0.0490. The van der Waals surface area contributed by atoms with Crippen molar-refractivity contribution in [2.45, 2.75) is 25.8 Å². The predicted molar refractivity (Wildman–Crippen MR) is 78.5 cm³/mol.